The standard InChI is InChI=1S/C13H13N3/c1-16-12-3-2-9(7-14)6-10(12)11-8-15-5-4-13(11)16/h2-6,8H,7,14H2,1H3. The summed E-state index contributed by atoms with van der Waals surface area (Å²) in [7, 11) is 2.08. The third-order valence-electron chi connectivity index (χ3n) is 3.11. The van der Waals surface area contributed by atoms with Gasteiger partial charge < -0.3 is 10.3 Å². The van der Waals surface area contributed by atoms with Gasteiger partial charge >= 0.3 is 0 Å². The first kappa shape index (κ1) is 9.36. The third kappa shape index (κ3) is 1.15. The summed E-state index contributed by atoms with van der Waals surface area (Å²) >= 11 is 0. The van der Waals surface area contributed by atoms with E-state index in [2.05, 4.69) is 34.8 Å². The molecular weight excluding hydrogens is 198 g/mol. The van der Waals surface area contributed by atoms with Crippen LogP contribution in [0.2, 0.25) is 0 Å². The van der Waals surface area contributed by atoms with Crippen molar-refractivity contribution in [3.05, 3.63) is 42.2 Å². The summed E-state index contributed by atoms with van der Waals surface area (Å²) in [5, 5.41) is 2.42. The van der Waals surface area contributed by atoms with Gasteiger partial charge in [-0.1, -0.05) is 6.07 Å². The zero-order chi connectivity index (χ0) is 11.1. The number of pyridine rings is 1. The Balaban J connectivity index is 2.52. The molecule has 0 aliphatic rings. The van der Waals surface area contributed by atoms with Crippen LogP contribution in [0.15, 0.2) is 36.7 Å². The average Bonchev–Trinajstić information content (AvgIpc) is 2.64. The van der Waals surface area contributed by atoms with Crippen molar-refractivity contribution < 1.29 is 0 Å². The summed E-state index contributed by atoms with van der Waals surface area (Å²) < 4.78 is 2.19. The number of fused-ring (bicyclic) bond motifs is 3. The predicted octanol–water partition coefficient (Wildman–Crippen LogP) is 2.19. The normalized spacial score (nSPS) is 11.4. The summed E-state index contributed by atoms with van der Waals surface area (Å²) in [4.78, 5) is 4.19. The van der Waals surface area contributed by atoms with Crippen LogP contribution in [0.1, 0.15) is 5.56 Å². The van der Waals surface area contributed by atoms with Crippen molar-refractivity contribution in [3.8, 4) is 0 Å². The minimum Gasteiger partial charge on any atom is -0.344 e. The fourth-order valence-corrected chi connectivity index (χ4v) is 2.24. The third-order valence-corrected chi connectivity index (χ3v) is 3.11. The molecule has 2 heterocycles. The fraction of sp³-hybridized carbons (Fsp3) is 0.154. The second-order valence-corrected chi connectivity index (χ2v) is 4.01. The Hall–Kier alpha value is -1.87. The van der Waals surface area contributed by atoms with Gasteiger partial charge in [-0.3, -0.25) is 4.98 Å². The van der Waals surface area contributed by atoms with E-state index in [-0.39, 0.29) is 0 Å². The van der Waals surface area contributed by atoms with E-state index in [1.165, 1.54) is 21.8 Å². The lowest BCUT2D eigenvalue weighted by atomic mass is 10.1. The van der Waals surface area contributed by atoms with Crippen molar-refractivity contribution in [2.75, 3.05) is 0 Å². The van der Waals surface area contributed by atoms with Gasteiger partial charge in [0.25, 0.3) is 0 Å². The van der Waals surface area contributed by atoms with E-state index in [1.54, 1.807) is 0 Å². The summed E-state index contributed by atoms with van der Waals surface area (Å²) in [5.74, 6) is 0. The van der Waals surface area contributed by atoms with E-state index < -0.39 is 0 Å². The van der Waals surface area contributed by atoms with Crippen molar-refractivity contribution in [1.29, 1.82) is 0 Å². The van der Waals surface area contributed by atoms with Crippen LogP contribution in [-0.2, 0) is 13.6 Å². The second-order valence-electron chi connectivity index (χ2n) is 4.01. The molecule has 3 aromatic rings. The molecule has 3 heteroatoms. The molecule has 1 aromatic carbocycles. The van der Waals surface area contributed by atoms with Gasteiger partial charge in [0, 0.05) is 42.3 Å². The van der Waals surface area contributed by atoms with Gasteiger partial charge in [-0.15, -0.1) is 0 Å². The minimum atomic E-state index is 0.576. The maximum absolute atomic E-state index is 5.67. The molecule has 0 fully saturated rings. The maximum Gasteiger partial charge on any atom is 0.0519 e. The Morgan fingerprint density at radius 3 is 2.81 bits per heavy atom. The Labute approximate surface area is 93.5 Å². The Morgan fingerprint density at radius 1 is 1.19 bits per heavy atom. The lowest BCUT2D eigenvalue weighted by Crippen LogP contribution is -1.95. The summed E-state index contributed by atoms with van der Waals surface area (Å²) in [5.41, 5.74) is 9.26. The second kappa shape index (κ2) is 3.32. The molecular formula is C13H13N3. The predicted molar refractivity (Wildman–Crippen MR) is 66.1 cm³/mol. The molecule has 0 aliphatic heterocycles. The lowest BCUT2D eigenvalue weighted by Gasteiger charge is -1.99. The van der Waals surface area contributed by atoms with Gasteiger partial charge in [-0.25, -0.2) is 0 Å². The largest absolute Gasteiger partial charge is 0.344 e. The number of benzene rings is 1. The Morgan fingerprint density at radius 2 is 2.00 bits per heavy atom. The van der Waals surface area contributed by atoms with E-state index in [0.29, 0.717) is 6.54 Å². The molecule has 0 atom stereocenters. The van der Waals surface area contributed by atoms with Crippen molar-refractivity contribution in [2.45, 2.75) is 6.54 Å². The number of aromatic nitrogens is 2. The highest BCUT2D eigenvalue weighted by Crippen LogP contribution is 2.27. The molecule has 0 aliphatic carbocycles. The number of nitrogens with two attached hydrogens (primary N) is 1. The highest BCUT2D eigenvalue weighted by molar-refractivity contribution is 6.07. The molecule has 0 bridgehead atoms. The molecule has 0 saturated carbocycles. The Bertz CT molecular complexity index is 667. The SMILES string of the molecule is Cn1c2ccncc2c2cc(CN)ccc21. The van der Waals surface area contributed by atoms with E-state index in [0.717, 1.165) is 5.56 Å². The smallest absolute Gasteiger partial charge is 0.0519 e. The van der Waals surface area contributed by atoms with Crippen LogP contribution in [0.5, 0.6) is 0 Å². The first-order valence-corrected chi connectivity index (χ1v) is 5.32. The first-order valence-electron chi connectivity index (χ1n) is 5.32. The minimum absolute atomic E-state index is 0.576. The number of aryl methyl sites for hydroxylation is 1. The molecule has 3 nitrogen and oxygen atoms in total. The number of hydrogen-bond acceptors (Lipinski definition) is 2. The van der Waals surface area contributed by atoms with Gasteiger partial charge in [0.05, 0.1) is 5.52 Å². The fourth-order valence-electron chi connectivity index (χ4n) is 2.24. The van der Waals surface area contributed by atoms with Gasteiger partial charge in [0.15, 0.2) is 0 Å². The molecule has 0 spiro atoms. The summed E-state index contributed by atoms with van der Waals surface area (Å²) in [6.07, 6.45) is 3.74. The molecule has 3 rings (SSSR count). The Kier molecular flexibility index (Phi) is 1.94. The van der Waals surface area contributed by atoms with Gasteiger partial charge in [-0.2, -0.15) is 0 Å². The zero-order valence-corrected chi connectivity index (χ0v) is 9.14. The van der Waals surface area contributed by atoms with Crippen LogP contribution in [0.3, 0.4) is 0 Å². The highest BCUT2D eigenvalue weighted by atomic mass is 14.9. The number of nitrogens with zero attached hydrogens (tertiary/aromatic N) is 2. The van der Waals surface area contributed by atoms with Crippen LogP contribution in [0, 0.1) is 0 Å². The van der Waals surface area contributed by atoms with E-state index in [4.69, 9.17) is 5.73 Å². The molecule has 0 unspecified atom stereocenters. The quantitative estimate of drug-likeness (QED) is 0.670. The molecule has 2 aromatic heterocycles. The molecule has 2 N–H and O–H groups in total. The zero-order valence-electron chi connectivity index (χ0n) is 9.14. The van der Waals surface area contributed by atoms with Crippen LogP contribution < -0.4 is 5.73 Å². The molecule has 80 valence electrons. The van der Waals surface area contributed by atoms with Crippen molar-refractivity contribution in [3.63, 3.8) is 0 Å². The lowest BCUT2D eigenvalue weighted by molar-refractivity contribution is 1.01. The molecule has 16 heavy (non-hydrogen) atoms. The molecule has 0 amide bonds. The van der Waals surface area contributed by atoms with E-state index in [1.807, 2.05) is 18.5 Å². The number of rotatable bonds is 1. The monoisotopic (exact) mass is 211 g/mol. The van der Waals surface area contributed by atoms with Gasteiger partial charge in [-0.05, 0) is 23.8 Å². The molecule has 0 saturated heterocycles. The van der Waals surface area contributed by atoms with Crippen LogP contribution in [0.4, 0.5) is 0 Å². The summed E-state index contributed by atoms with van der Waals surface area (Å²) in [6.45, 7) is 0.576. The van der Waals surface area contributed by atoms with Crippen LogP contribution in [-0.4, -0.2) is 9.55 Å². The van der Waals surface area contributed by atoms with E-state index in [9.17, 15) is 0 Å². The van der Waals surface area contributed by atoms with Crippen molar-refractivity contribution in [2.24, 2.45) is 12.8 Å². The van der Waals surface area contributed by atoms with Crippen LogP contribution >= 0.6 is 0 Å². The highest BCUT2D eigenvalue weighted by Gasteiger charge is 2.07. The topological polar surface area (TPSA) is 43.8 Å². The van der Waals surface area contributed by atoms with E-state index >= 15 is 0 Å². The first-order chi connectivity index (χ1) is 7.81. The molecule has 0 radical (unpaired) electrons. The number of hydrogen-bond donors (Lipinski definition) is 1. The van der Waals surface area contributed by atoms with Crippen molar-refractivity contribution in [1.82, 2.24) is 9.55 Å². The van der Waals surface area contributed by atoms with Gasteiger partial charge in [0.2, 0.25) is 0 Å². The van der Waals surface area contributed by atoms with Crippen molar-refractivity contribution >= 4 is 21.8 Å². The average molecular weight is 211 g/mol. The van der Waals surface area contributed by atoms with Crippen LogP contribution in [0.25, 0.3) is 21.8 Å². The van der Waals surface area contributed by atoms with Gasteiger partial charge in [0.1, 0.15) is 0 Å². The maximum atomic E-state index is 5.67. The summed E-state index contributed by atoms with van der Waals surface area (Å²) in [6, 6.07) is 8.39.